The summed E-state index contributed by atoms with van der Waals surface area (Å²) >= 11 is 0. The molecule has 0 spiro atoms. The first-order valence-corrected chi connectivity index (χ1v) is 3.55. The topological polar surface area (TPSA) is 45.0 Å². The Morgan fingerprint density at radius 1 is 1.80 bits per heavy atom. The maximum absolute atomic E-state index is 8.54. The molecular weight excluding hydrogens is 128 g/mol. The molecule has 0 radical (unpaired) electrons. The molecule has 1 heterocycles. The third-order valence-electron chi connectivity index (χ3n) is 1.76. The van der Waals surface area contributed by atoms with Gasteiger partial charge >= 0.3 is 0 Å². The number of morpholine rings is 1. The van der Waals surface area contributed by atoms with Crippen LogP contribution in [-0.2, 0) is 4.74 Å². The van der Waals surface area contributed by atoms with Crippen molar-refractivity contribution in [2.75, 3.05) is 19.8 Å². The number of rotatable bonds is 1. The standard InChI is InChI=1S/C7H12N2O/c1-6(4-8)7-5-10-3-2-9-7/h6-7,9H,2-3,5H2,1H3. The lowest BCUT2D eigenvalue weighted by Gasteiger charge is -2.25. The first-order valence-electron chi connectivity index (χ1n) is 3.55. The number of nitrogens with one attached hydrogen (secondary N) is 1. The van der Waals surface area contributed by atoms with Gasteiger partial charge in [0.25, 0.3) is 0 Å². The molecule has 0 aromatic carbocycles. The lowest BCUT2D eigenvalue weighted by atomic mass is 10.0. The van der Waals surface area contributed by atoms with Gasteiger partial charge < -0.3 is 10.1 Å². The molecule has 0 amide bonds. The van der Waals surface area contributed by atoms with Crippen molar-refractivity contribution < 1.29 is 4.74 Å². The highest BCUT2D eigenvalue weighted by Gasteiger charge is 2.18. The van der Waals surface area contributed by atoms with Gasteiger partial charge in [0.05, 0.1) is 25.2 Å². The maximum atomic E-state index is 8.54. The predicted molar refractivity (Wildman–Crippen MR) is 37.4 cm³/mol. The molecule has 1 aliphatic rings. The molecule has 1 aliphatic heterocycles. The Hall–Kier alpha value is -0.590. The van der Waals surface area contributed by atoms with Gasteiger partial charge in [0.15, 0.2) is 0 Å². The van der Waals surface area contributed by atoms with E-state index in [1.54, 1.807) is 0 Å². The van der Waals surface area contributed by atoms with Crippen LogP contribution in [0.3, 0.4) is 0 Å². The second-order valence-electron chi connectivity index (χ2n) is 2.55. The minimum absolute atomic E-state index is 0.0558. The molecule has 1 fully saturated rings. The summed E-state index contributed by atoms with van der Waals surface area (Å²) in [5.41, 5.74) is 0. The number of nitrogens with zero attached hydrogens (tertiary/aromatic N) is 1. The van der Waals surface area contributed by atoms with E-state index in [1.165, 1.54) is 0 Å². The van der Waals surface area contributed by atoms with E-state index >= 15 is 0 Å². The Balaban J connectivity index is 2.33. The van der Waals surface area contributed by atoms with Crippen molar-refractivity contribution >= 4 is 0 Å². The summed E-state index contributed by atoms with van der Waals surface area (Å²) in [7, 11) is 0. The van der Waals surface area contributed by atoms with Gasteiger partial charge in [-0.3, -0.25) is 0 Å². The van der Waals surface area contributed by atoms with Crippen molar-refractivity contribution in [3.63, 3.8) is 0 Å². The fourth-order valence-electron chi connectivity index (χ4n) is 0.997. The molecule has 0 aromatic heterocycles. The monoisotopic (exact) mass is 140 g/mol. The minimum atomic E-state index is 0.0558. The van der Waals surface area contributed by atoms with Crippen LogP contribution in [-0.4, -0.2) is 25.8 Å². The van der Waals surface area contributed by atoms with Crippen LogP contribution >= 0.6 is 0 Å². The van der Waals surface area contributed by atoms with Crippen molar-refractivity contribution in [3.8, 4) is 6.07 Å². The molecule has 1 saturated heterocycles. The fourth-order valence-corrected chi connectivity index (χ4v) is 0.997. The Kier molecular flexibility index (Phi) is 2.67. The van der Waals surface area contributed by atoms with Gasteiger partial charge in [0.2, 0.25) is 0 Å². The third-order valence-corrected chi connectivity index (χ3v) is 1.76. The molecule has 0 aromatic rings. The van der Waals surface area contributed by atoms with Crippen LogP contribution < -0.4 is 5.32 Å². The fraction of sp³-hybridized carbons (Fsp3) is 0.857. The summed E-state index contributed by atoms with van der Waals surface area (Å²) in [4.78, 5) is 0. The second kappa shape index (κ2) is 3.55. The second-order valence-corrected chi connectivity index (χ2v) is 2.55. The van der Waals surface area contributed by atoms with Crippen LogP contribution in [0.15, 0.2) is 0 Å². The summed E-state index contributed by atoms with van der Waals surface area (Å²) in [5.74, 6) is 0.0558. The quantitative estimate of drug-likeness (QED) is 0.563. The summed E-state index contributed by atoms with van der Waals surface area (Å²) < 4.78 is 5.19. The largest absolute Gasteiger partial charge is 0.378 e. The van der Waals surface area contributed by atoms with Crippen molar-refractivity contribution in [1.29, 1.82) is 5.26 Å². The smallest absolute Gasteiger partial charge is 0.0670 e. The van der Waals surface area contributed by atoms with Gasteiger partial charge in [-0.2, -0.15) is 5.26 Å². The molecule has 0 saturated carbocycles. The molecule has 1 N–H and O–H groups in total. The average molecular weight is 140 g/mol. The van der Waals surface area contributed by atoms with E-state index in [2.05, 4.69) is 11.4 Å². The molecule has 3 heteroatoms. The molecule has 3 nitrogen and oxygen atoms in total. The van der Waals surface area contributed by atoms with Gasteiger partial charge in [-0.15, -0.1) is 0 Å². The summed E-state index contributed by atoms with van der Waals surface area (Å²) in [6.07, 6.45) is 0. The van der Waals surface area contributed by atoms with Gasteiger partial charge in [-0.1, -0.05) is 0 Å². The lowest BCUT2D eigenvalue weighted by Crippen LogP contribution is -2.44. The molecular formula is C7H12N2O. The molecule has 0 aliphatic carbocycles. The summed E-state index contributed by atoms with van der Waals surface area (Å²) in [6, 6.07) is 2.43. The van der Waals surface area contributed by atoms with E-state index in [4.69, 9.17) is 10.00 Å². The zero-order chi connectivity index (χ0) is 7.40. The van der Waals surface area contributed by atoms with E-state index < -0.39 is 0 Å². The van der Waals surface area contributed by atoms with Gasteiger partial charge in [-0.05, 0) is 6.92 Å². The number of nitriles is 1. The summed E-state index contributed by atoms with van der Waals surface area (Å²) in [6.45, 7) is 4.23. The van der Waals surface area contributed by atoms with Gasteiger partial charge in [-0.25, -0.2) is 0 Å². The minimum Gasteiger partial charge on any atom is -0.378 e. The van der Waals surface area contributed by atoms with Gasteiger partial charge in [0.1, 0.15) is 0 Å². The Morgan fingerprint density at radius 3 is 3.10 bits per heavy atom. The highest BCUT2D eigenvalue weighted by atomic mass is 16.5. The lowest BCUT2D eigenvalue weighted by molar-refractivity contribution is 0.0670. The van der Waals surface area contributed by atoms with E-state index in [-0.39, 0.29) is 12.0 Å². The highest BCUT2D eigenvalue weighted by Crippen LogP contribution is 2.04. The van der Waals surface area contributed by atoms with Crippen LogP contribution in [0.5, 0.6) is 0 Å². The van der Waals surface area contributed by atoms with Gasteiger partial charge in [0, 0.05) is 12.6 Å². The number of hydrogen-bond acceptors (Lipinski definition) is 3. The van der Waals surface area contributed by atoms with Crippen molar-refractivity contribution in [2.24, 2.45) is 5.92 Å². The molecule has 2 unspecified atom stereocenters. The zero-order valence-electron chi connectivity index (χ0n) is 6.13. The molecule has 56 valence electrons. The Labute approximate surface area is 61.0 Å². The Morgan fingerprint density at radius 2 is 2.60 bits per heavy atom. The highest BCUT2D eigenvalue weighted by molar-refractivity contribution is 4.89. The van der Waals surface area contributed by atoms with Crippen LogP contribution in [0.25, 0.3) is 0 Å². The molecule has 0 bridgehead atoms. The number of ether oxygens (including phenoxy) is 1. The van der Waals surface area contributed by atoms with E-state index in [1.807, 2.05) is 6.92 Å². The summed E-state index contributed by atoms with van der Waals surface area (Å²) in [5, 5.41) is 11.8. The van der Waals surface area contributed by atoms with E-state index in [0.717, 1.165) is 13.2 Å². The SMILES string of the molecule is CC(C#N)C1COCCN1. The molecule has 1 rings (SSSR count). The normalized spacial score (nSPS) is 29.0. The van der Waals surface area contributed by atoms with Crippen molar-refractivity contribution in [1.82, 2.24) is 5.32 Å². The predicted octanol–water partition coefficient (Wildman–Crippen LogP) is 0.134. The Bertz CT molecular complexity index is 135. The van der Waals surface area contributed by atoms with Crippen LogP contribution in [0.1, 0.15) is 6.92 Å². The van der Waals surface area contributed by atoms with Crippen LogP contribution in [0.4, 0.5) is 0 Å². The van der Waals surface area contributed by atoms with Crippen molar-refractivity contribution in [3.05, 3.63) is 0 Å². The van der Waals surface area contributed by atoms with E-state index in [9.17, 15) is 0 Å². The van der Waals surface area contributed by atoms with Crippen molar-refractivity contribution in [2.45, 2.75) is 13.0 Å². The average Bonchev–Trinajstić information content (AvgIpc) is 2.05. The zero-order valence-corrected chi connectivity index (χ0v) is 6.13. The van der Waals surface area contributed by atoms with Crippen LogP contribution in [0.2, 0.25) is 0 Å². The third kappa shape index (κ3) is 1.69. The molecule has 2 atom stereocenters. The maximum Gasteiger partial charge on any atom is 0.0670 e. The molecule has 10 heavy (non-hydrogen) atoms. The first kappa shape index (κ1) is 7.52. The van der Waals surface area contributed by atoms with E-state index in [0.29, 0.717) is 6.61 Å². The first-order chi connectivity index (χ1) is 4.84. The number of hydrogen-bond donors (Lipinski definition) is 1. The van der Waals surface area contributed by atoms with Crippen LogP contribution in [0, 0.1) is 17.2 Å².